The van der Waals surface area contributed by atoms with Crippen LogP contribution >= 0.6 is 0 Å². The summed E-state index contributed by atoms with van der Waals surface area (Å²) in [4.78, 5) is 31.6. The minimum Gasteiger partial charge on any atom is -0.403 e. The molecule has 1 amide bonds. The highest BCUT2D eigenvalue weighted by atomic mass is 19.3. The largest absolute Gasteiger partial charge is 0.403 e. The summed E-state index contributed by atoms with van der Waals surface area (Å²) in [6, 6.07) is 2.81. The minimum atomic E-state index is -3.00. The predicted octanol–water partition coefficient (Wildman–Crippen LogP) is 2.01. The number of amides is 1. The zero-order valence-corrected chi connectivity index (χ0v) is 13.1. The van der Waals surface area contributed by atoms with Gasteiger partial charge in [-0.15, -0.1) is 0 Å². The highest BCUT2D eigenvalue weighted by molar-refractivity contribution is 6.14. The summed E-state index contributed by atoms with van der Waals surface area (Å²) in [5.74, 6) is -0.970. The molecule has 0 fully saturated rings. The summed E-state index contributed by atoms with van der Waals surface area (Å²) in [6.07, 6.45) is 3.60. The third-order valence-corrected chi connectivity index (χ3v) is 3.71. The number of aromatic nitrogens is 1. The molecule has 1 aliphatic heterocycles. The molecule has 1 aromatic rings. The van der Waals surface area contributed by atoms with Crippen molar-refractivity contribution in [2.45, 2.75) is 32.7 Å². The zero-order valence-electron chi connectivity index (χ0n) is 13.1. The van der Waals surface area contributed by atoms with E-state index in [0.29, 0.717) is 12.8 Å². The van der Waals surface area contributed by atoms with E-state index in [4.69, 9.17) is 5.73 Å². The maximum Gasteiger partial charge on any atom is 0.332 e. The van der Waals surface area contributed by atoms with Crippen molar-refractivity contribution in [3.05, 3.63) is 41.5 Å². The van der Waals surface area contributed by atoms with Gasteiger partial charge in [-0.3, -0.25) is 14.6 Å². The molecule has 8 heteroatoms. The lowest BCUT2D eigenvalue weighted by atomic mass is 9.98. The number of carbonyl (C=O) groups excluding carboxylic acids is 2. The Hall–Kier alpha value is -2.64. The summed E-state index contributed by atoms with van der Waals surface area (Å²) in [6.45, 7) is -1.30. The quantitative estimate of drug-likeness (QED) is 0.767. The number of hydrogen-bond acceptors (Lipinski definition) is 5. The number of ketones is 1. The lowest BCUT2D eigenvalue weighted by Gasteiger charge is -2.17. The molecule has 6 nitrogen and oxygen atoms in total. The van der Waals surface area contributed by atoms with E-state index in [0.717, 1.165) is 6.20 Å². The Bertz CT molecular complexity index is 701. The molecule has 0 aliphatic carbocycles. The van der Waals surface area contributed by atoms with E-state index in [1.54, 1.807) is 6.92 Å². The van der Waals surface area contributed by atoms with Gasteiger partial charge in [0.1, 0.15) is 5.69 Å². The number of Topliss-reactive ketones (excluding diaryl/α,β-unsaturated/α-hetero) is 1. The molecular formula is C16H18F2N4O2. The topological polar surface area (TPSA) is 97.4 Å². The van der Waals surface area contributed by atoms with Gasteiger partial charge in [0.25, 0.3) is 0 Å². The molecule has 0 saturated carbocycles. The predicted molar refractivity (Wildman–Crippen MR) is 84.5 cm³/mol. The van der Waals surface area contributed by atoms with E-state index in [1.807, 2.05) is 0 Å². The zero-order chi connectivity index (χ0) is 17.7. The first kappa shape index (κ1) is 17.7. The summed E-state index contributed by atoms with van der Waals surface area (Å²) >= 11 is 0. The average Bonchev–Trinajstić information content (AvgIpc) is 2.56. The molecule has 2 heterocycles. The number of alkyl halides is 2. The number of pyridine rings is 1. The van der Waals surface area contributed by atoms with E-state index < -0.39 is 12.5 Å². The van der Waals surface area contributed by atoms with Crippen LogP contribution < -0.4 is 11.1 Å². The molecular weight excluding hydrogens is 318 g/mol. The highest BCUT2D eigenvalue weighted by Gasteiger charge is 2.21. The number of nitrogens with one attached hydrogen (secondary N) is 1. The normalized spacial score (nSPS) is 23.1. The number of fused-ring (bicyclic) bond motifs is 2. The van der Waals surface area contributed by atoms with Crippen molar-refractivity contribution in [3.63, 3.8) is 0 Å². The van der Waals surface area contributed by atoms with Crippen LogP contribution in [0.1, 0.15) is 42.2 Å². The lowest BCUT2D eigenvalue weighted by molar-refractivity contribution is -0.123. The average molecular weight is 336 g/mol. The molecule has 0 aromatic carbocycles. The Labute approximate surface area is 137 Å². The van der Waals surface area contributed by atoms with Crippen LogP contribution in [0.5, 0.6) is 0 Å². The molecule has 0 unspecified atom stereocenters. The molecule has 2 bridgehead atoms. The Morgan fingerprint density at radius 3 is 2.88 bits per heavy atom. The third kappa shape index (κ3) is 4.21. The maximum absolute atomic E-state index is 12.8. The second kappa shape index (κ2) is 7.76. The van der Waals surface area contributed by atoms with Gasteiger partial charge >= 0.3 is 6.55 Å². The van der Waals surface area contributed by atoms with Gasteiger partial charge in [-0.2, -0.15) is 8.78 Å². The number of nitrogens with two attached hydrogens (primary N) is 1. The van der Waals surface area contributed by atoms with Crippen LogP contribution in [0.25, 0.3) is 0 Å². The fourth-order valence-electron chi connectivity index (χ4n) is 2.39. The fraction of sp³-hybridized carbons (Fsp3) is 0.375. The van der Waals surface area contributed by atoms with Crippen molar-refractivity contribution in [2.24, 2.45) is 16.6 Å². The molecule has 1 aromatic heterocycles. The van der Waals surface area contributed by atoms with E-state index in [9.17, 15) is 18.4 Å². The Morgan fingerprint density at radius 2 is 2.21 bits per heavy atom. The first-order chi connectivity index (χ1) is 11.4. The Morgan fingerprint density at radius 1 is 1.46 bits per heavy atom. The fourth-order valence-corrected chi connectivity index (χ4v) is 2.39. The van der Waals surface area contributed by atoms with Crippen molar-refractivity contribution in [2.75, 3.05) is 0 Å². The molecule has 1 aliphatic rings. The summed E-state index contributed by atoms with van der Waals surface area (Å²) in [5, 5.41) is 2.54. The van der Waals surface area contributed by atoms with Crippen LogP contribution in [0.2, 0.25) is 0 Å². The van der Waals surface area contributed by atoms with E-state index in [2.05, 4.69) is 15.3 Å². The molecule has 3 N–H and O–H groups in total. The van der Waals surface area contributed by atoms with Gasteiger partial charge in [-0.1, -0.05) is 6.92 Å². The van der Waals surface area contributed by atoms with Crippen molar-refractivity contribution in [3.8, 4) is 0 Å². The summed E-state index contributed by atoms with van der Waals surface area (Å²) < 4.78 is 25.7. The van der Waals surface area contributed by atoms with Crippen LogP contribution in [0.4, 0.5) is 8.78 Å². The Kier molecular flexibility index (Phi) is 5.73. The number of rotatable bonds is 1. The van der Waals surface area contributed by atoms with Crippen molar-refractivity contribution < 1.29 is 18.4 Å². The monoisotopic (exact) mass is 336 g/mol. The number of carbonyl (C=O) groups is 2. The van der Waals surface area contributed by atoms with E-state index in [-0.39, 0.29) is 40.8 Å². The molecule has 1 atom stereocenters. The number of nitrogens with zero attached hydrogens (tertiary/aromatic N) is 2. The van der Waals surface area contributed by atoms with Gasteiger partial charge in [0.15, 0.2) is 5.78 Å². The second-order valence-corrected chi connectivity index (χ2v) is 5.47. The summed E-state index contributed by atoms with van der Waals surface area (Å²) in [7, 11) is 0. The number of allylic oxidation sites excluding steroid dienone is 1. The number of aliphatic imine (C=N–C) groups is 1. The van der Waals surface area contributed by atoms with Crippen LogP contribution in [0, 0.1) is 5.92 Å². The van der Waals surface area contributed by atoms with Crippen LogP contribution in [-0.4, -0.2) is 28.9 Å². The number of hydrogen-bond donors (Lipinski definition) is 2. The molecule has 2 rings (SSSR count). The summed E-state index contributed by atoms with van der Waals surface area (Å²) in [5.41, 5.74) is 5.69. The van der Waals surface area contributed by atoms with Crippen LogP contribution in [-0.2, 0) is 4.79 Å². The molecule has 24 heavy (non-hydrogen) atoms. The van der Waals surface area contributed by atoms with Crippen molar-refractivity contribution in [1.29, 1.82) is 0 Å². The molecule has 0 spiro atoms. The SMILES string of the molecule is C[C@@H]1CCCC(=O)c2cc(ccn2)C(=N\C(F)F)/C(=C\N)NC1=O. The highest BCUT2D eigenvalue weighted by Crippen LogP contribution is 2.17. The van der Waals surface area contributed by atoms with Gasteiger partial charge in [0.2, 0.25) is 5.91 Å². The van der Waals surface area contributed by atoms with Gasteiger partial charge < -0.3 is 11.1 Å². The van der Waals surface area contributed by atoms with E-state index in [1.165, 1.54) is 18.3 Å². The maximum atomic E-state index is 12.8. The van der Waals surface area contributed by atoms with Gasteiger partial charge in [0.05, 0.1) is 11.4 Å². The minimum absolute atomic E-state index is 0.0303. The smallest absolute Gasteiger partial charge is 0.332 e. The number of halogens is 2. The first-order valence-corrected chi connectivity index (χ1v) is 7.51. The first-order valence-electron chi connectivity index (χ1n) is 7.51. The van der Waals surface area contributed by atoms with Crippen molar-refractivity contribution in [1.82, 2.24) is 10.3 Å². The second-order valence-electron chi connectivity index (χ2n) is 5.47. The van der Waals surface area contributed by atoms with Gasteiger partial charge in [-0.25, -0.2) is 4.99 Å². The van der Waals surface area contributed by atoms with Gasteiger partial charge in [-0.05, 0) is 25.0 Å². The van der Waals surface area contributed by atoms with Gasteiger partial charge in [0, 0.05) is 30.3 Å². The van der Waals surface area contributed by atoms with Crippen LogP contribution in [0.15, 0.2) is 35.2 Å². The molecule has 0 radical (unpaired) electrons. The van der Waals surface area contributed by atoms with Crippen molar-refractivity contribution >= 4 is 17.4 Å². The molecule has 0 saturated heterocycles. The lowest BCUT2D eigenvalue weighted by Crippen LogP contribution is -2.33. The van der Waals surface area contributed by atoms with Crippen LogP contribution in [0.3, 0.4) is 0 Å². The molecule has 128 valence electrons. The Balaban J connectivity index is 2.56. The third-order valence-electron chi connectivity index (χ3n) is 3.71. The van der Waals surface area contributed by atoms with E-state index >= 15 is 0 Å². The standard InChI is InChI=1S/C16H18F2N4O2/c1-9-3-2-4-13(23)11-7-10(5-6-20-11)14(22-16(17)18)12(8-19)21-15(9)24/h5-9,16H,2-4,19H2,1H3,(H,21,24)/b12-8+,22-14+/t9-/m1/s1.